The molecular weight excluding hydrogens is 456 g/mol. The number of anilines is 1. The van der Waals surface area contributed by atoms with E-state index in [0.29, 0.717) is 0 Å². The van der Waals surface area contributed by atoms with Crippen LogP contribution in [0.5, 0.6) is 0 Å². The highest BCUT2D eigenvalue weighted by Crippen LogP contribution is 2.36. The number of nitrogens with one attached hydrogen (secondary N) is 2. The van der Waals surface area contributed by atoms with Gasteiger partial charge >= 0.3 is 0 Å². The summed E-state index contributed by atoms with van der Waals surface area (Å²) < 4.78 is 0. The van der Waals surface area contributed by atoms with Crippen molar-refractivity contribution in [3.05, 3.63) is 65.9 Å². The Hall–Kier alpha value is -4.08. The van der Waals surface area contributed by atoms with Gasteiger partial charge < -0.3 is 15.6 Å². The van der Waals surface area contributed by atoms with Crippen LogP contribution in [0.1, 0.15) is 4.88 Å². The number of H-pyrrole nitrogens is 2. The van der Waals surface area contributed by atoms with Crippen molar-refractivity contribution in [3.8, 4) is 33.1 Å². The zero-order valence-electron chi connectivity index (χ0n) is 19.0. The Morgan fingerprint density at radius 2 is 1.97 bits per heavy atom. The first-order valence-electron chi connectivity index (χ1n) is 11.5. The quantitative estimate of drug-likeness (QED) is 0.337. The third-order valence-electron chi connectivity index (χ3n) is 6.51. The van der Waals surface area contributed by atoms with Crippen LogP contribution in [0.4, 0.5) is 5.82 Å². The number of aromatic nitrogens is 6. The second kappa shape index (κ2) is 7.72. The van der Waals surface area contributed by atoms with Crippen LogP contribution in [0.25, 0.3) is 55.0 Å². The number of nitrogens with two attached hydrogens (primary N) is 1. The number of pyridine rings is 1. The van der Waals surface area contributed by atoms with E-state index in [0.717, 1.165) is 63.5 Å². The van der Waals surface area contributed by atoms with E-state index in [4.69, 9.17) is 10.7 Å². The average Bonchev–Trinajstić information content (AvgIpc) is 3.59. The fourth-order valence-electron chi connectivity index (χ4n) is 4.67. The number of hydrogen-bond acceptors (Lipinski definition) is 7. The van der Waals surface area contributed by atoms with Crippen LogP contribution in [0.2, 0.25) is 0 Å². The highest BCUT2D eigenvalue weighted by Gasteiger charge is 2.24. The molecule has 0 unspecified atom stereocenters. The highest BCUT2D eigenvalue weighted by molar-refractivity contribution is 7.15. The molecule has 6 heterocycles. The molecule has 0 amide bonds. The molecule has 4 N–H and O–H groups in total. The summed E-state index contributed by atoms with van der Waals surface area (Å²) in [5.41, 5.74) is 12.5. The number of aryl methyl sites for hydroxylation is 1. The van der Waals surface area contributed by atoms with Gasteiger partial charge in [0.25, 0.3) is 0 Å². The SMILES string of the molecule is Cc1ccc(-c2ccnc3[nH]c(-c4n[nH]c5ccc(-c6cncc(N7CC(N)C7)n6)cc45)cc23)s1. The van der Waals surface area contributed by atoms with E-state index in [1.165, 1.54) is 15.3 Å². The van der Waals surface area contributed by atoms with Crippen molar-refractivity contribution in [2.75, 3.05) is 18.0 Å². The smallest absolute Gasteiger partial charge is 0.147 e. The average molecular weight is 479 g/mol. The second-order valence-corrected chi connectivity index (χ2v) is 10.3. The van der Waals surface area contributed by atoms with Gasteiger partial charge in [-0.1, -0.05) is 6.07 Å². The molecule has 9 heteroatoms. The number of thiophene rings is 1. The fourth-order valence-corrected chi connectivity index (χ4v) is 5.58. The summed E-state index contributed by atoms with van der Waals surface area (Å²) in [6.45, 7) is 3.75. The predicted octanol–water partition coefficient (Wildman–Crippen LogP) is 4.75. The Kier molecular flexibility index (Phi) is 4.48. The summed E-state index contributed by atoms with van der Waals surface area (Å²) in [5.74, 6) is 0.856. The van der Waals surface area contributed by atoms with Crippen molar-refractivity contribution in [1.29, 1.82) is 0 Å². The van der Waals surface area contributed by atoms with Crippen LogP contribution in [0.15, 0.2) is 61.1 Å². The summed E-state index contributed by atoms with van der Waals surface area (Å²) >= 11 is 1.79. The first kappa shape index (κ1) is 20.3. The molecule has 1 saturated heterocycles. The monoisotopic (exact) mass is 478 g/mol. The maximum atomic E-state index is 5.94. The van der Waals surface area contributed by atoms with E-state index >= 15 is 0 Å². The van der Waals surface area contributed by atoms with E-state index in [1.54, 1.807) is 23.7 Å². The first-order chi connectivity index (χ1) is 17.1. The summed E-state index contributed by atoms with van der Waals surface area (Å²) in [5, 5.41) is 9.91. The van der Waals surface area contributed by atoms with E-state index in [9.17, 15) is 0 Å². The van der Waals surface area contributed by atoms with E-state index in [1.807, 2.05) is 18.3 Å². The molecule has 7 rings (SSSR count). The minimum atomic E-state index is 0.209. The molecule has 35 heavy (non-hydrogen) atoms. The van der Waals surface area contributed by atoms with Gasteiger partial charge in [-0.2, -0.15) is 5.10 Å². The van der Waals surface area contributed by atoms with Gasteiger partial charge in [0.1, 0.15) is 17.2 Å². The Morgan fingerprint density at radius 1 is 1.06 bits per heavy atom. The number of rotatable bonds is 4. The van der Waals surface area contributed by atoms with Crippen LogP contribution in [0.3, 0.4) is 0 Å². The molecular formula is C26H22N8S. The fraction of sp³-hybridized carbons (Fsp3) is 0.154. The molecule has 0 atom stereocenters. The van der Waals surface area contributed by atoms with Crippen LogP contribution in [0, 0.1) is 6.92 Å². The number of fused-ring (bicyclic) bond motifs is 2. The number of aromatic amines is 2. The maximum Gasteiger partial charge on any atom is 0.147 e. The molecule has 0 saturated carbocycles. The molecule has 172 valence electrons. The van der Waals surface area contributed by atoms with Crippen molar-refractivity contribution in [3.63, 3.8) is 0 Å². The lowest BCUT2D eigenvalue weighted by atomic mass is 10.1. The Balaban J connectivity index is 1.31. The molecule has 0 bridgehead atoms. The topological polar surface area (TPSA) is 112 Å². The molecule has 1 aliphatic heterocycles. The lowest BCUT2D eigenvalue weighted by molar-refractivity contribution is 0.514. The lowest BCUT2D eigenvalue weighted by Gasteiger charge is -2.37. The van der Waals surface area contributed by atoms with Crippen LogP contribution < -0.4 is 10.6 Å². The van der Waals surface area contributed by atoms with Gasteiger partial charge in [-0.3, -0.25) is 10.1 Å². The third-order valence-corrected chi connectivity index (χ3v) is 7.54. The van der Waals surface area contributed by atoms with Crippen molar-refractivity contribution in [2.45, 2.75) is 13.0 Å². The third kappa shape index (κ3) is 3.39. The van der Waals surface area contributed by atoms with Gasteiger partial charge in [0.15, 0.2) is 0 Å². The van der Waals surface area contributed by atoms with Crippen molar-refractivity contribution >= 4 is 39.1 Å². The van der Waals surface area contributed by atoms with Gasteiger partial charge in [0, 0.05) is 57.0 Å². The van der Waals surface area contributed by atoms with Gasteiger partial charge in [0.2, 0.25) is 0 Å². The van der Waals surface area contributed by atoms with Crippen molar-refractivity contribution in [1.82, 2.24) is 30.1 Å². The summed E-state index contributed by atoms with van der Waals surface area (Å²) in [7, 11) is 0. The molecule has 8 nitrogen and oxygen atoms in total. The zero-order chi connectivity index (χ0) is 23.5. The number of nitrogens with zero attached hydrogens (tertiary/aromatic N) is 5. The Bertz CT molecular complexity index is 1710. The standard InChI is InChI=1S/C26H22N8S/c1-14-2-5-23(35-14)17-6-7-29-26-18(17)9-21(31-26)25-19-8-15(3-4-20(19)32-33-25)22-10-28-11-24(30-22)34-12-16(27)13-34/h2-11,16H,12-13,27H2,1H3,(H,29,31)(H,32,33). The van der Waals surface area contributed by atoms with Crippen molar-refractivity contribution < 1.29 is 0 Å². The van der Waals surface area contributed by atoms with Gasteiger partial charge in [-0.05, 0) is 43.3 Å². The highest BCUT2D eigenvalue weighted by atomic mass is 32.1. The van der Waals surface area contributed by atoms with Crippen molar-refractivity contribution in [2.24, 2.45) is 5.73 Å². The minimum absolute atomic E-state index is 0.209. The lowest BCUT2D eigenvalue weighted by Crippen LogP contribution is -2.56. The molecule has 1 fully saturated rings. The van der Waals surface area contributed by atoms with E-state index < -0.39 is 0 Å². The summed E-state index contributed by atoms with van der Waals surface area (Å²) in [4.78, 5) is 22.0. The minimum Gasteiger partial charge on any atom is -0.352 e. The second-order valence-electron chi connectivity index (χ2n) is 8.97. The maximum absolute atomic E-state index is 5.94. The predicted molar refractivity (Wildman–Crippen MR) is 140 cm³/mol. The van der Waals surface area contributed by atoms with E-state index in [2.05, 4.69) is 67.3 Å². The first-order valence-corrected chi connectivity index (χ1v) is 12.3. The largest absolute Gasteiger partial charge is 0.352 e. The van der Waals surface area contributed by atoms with Crippen LogP contribution in [-0.2, 0) is 0 Å². The van der Waals surface area contributed by atoms with Gasteiger partial charge in [0.05, 0.1) is 29.3 Å². The summed E-state index contributed by atoms with van der Waals surface area (Å²) in [6, 6.07) is 14.9. The zero-order valence-corrected chi connectivity index (χ0v) is 19.8. The number of hydrogen-bond donors (Lipinski definition) is 3. The van der Waals surface area contributed by atoms with Crippen LogP contribution in [-0.4, -0.2) is 49.3 Å². The molecule has 0 radical (unpaired) electrons. The van der Waals surface area contributed by atoms with E-state index in [-0.39, 0.29) is 6.04 Å². The van der Waals surface area contributed by atoms with Gasteiger partial charge in [-0.25, -0.2) is 9.97 Å². The molecule has 0 spiro atoms. The molecule has 0 aliphatic carbocycles. The van der Waals surface area contributed by atoms with Crippen LogP contribution >= 0.6 is 11.3 Å². The molecule has 5 aromatic heterocycles. The Morgan fingerprint density at radius 3 is 2.80 bits per heavy atom. The molecule has 6 aromatic rings. The summed E-state index contributed by atoms with van der Waals surface area (Å²) in [6.07, 6.45) is 5.44. The normalized spacial score (nSPS) is 14.2. The molecule has 1 aliphatic rings. The molecule has 1 aromatic carbocycles. The number of benzene rings is 1. The Labute approximate surface area is 204 Å². The van der Waals surface area contributed by atoms with Gasteiger partial charge in [-0.15, -0.1) is 11.3 Å².